The van der Waals surface area contributed by atoms with Crippen molar-refractivity contribution in [3.05, 3.63) is 60.7 Å². The van der Waals surface area contributed by atoms with E-state index in [1.807, 2.05) is 0 Å². The van der Waals surface area contributed by atoms with Crippen molar-refractivity contribution in [2.75, 3.05) is 0 Å². The third-order valence-electron chi connectivity index (χ3n) is 2.12. The van der Waals surface area contributed by atoms with Crippen molar-refractivity contribution < 1.29 is 115 Å². The normalized spacial score (nSPS) is 10.3. The molecule has 1 atom stereocenters. The van der Waals surface area contributed by atoms with Crippen molar-refractivity contribution >= 4 is 27.8 Å². The largest absolute Gasteiger partial charge is 0.768 e. The Labute approximate surface area is 214 Å². The number of benzene rings is 2. The smallest absolute Gasteiger partial charge is 0.249 e. The van der Waals surface area contributed by atoms with Crippen LogP contribution in [0.3, 0.4) is 0 Å². The van der Waals surface area contributed by atoms with Gasteiger partial charge in [-0.3, -0.25) is 4.21 Å². The van der Waals surface area contributed by atoms with Gasteiger partial charge in [-0.15, -0.1) is 0 Å². The maximum absolute atomic E-state index is 10.9. The molecule has 0 heterocycles. The molecular weight excluding hydrogens is 565 g/mol. The summed E-state index contributed by atoms with van der Waals surface area (Å²) in [6.07, 6.45) is 0. The van der Waals surface area contributed by atoms with Gasteiger partial charge < -0.3 is 15.7 Å². The summed E-state index contributed by atoms with van der Waals surface area (Å²) >= 11 is -2.08. The summed E-state index contributed by atoms with van der Waals surface area (Å²) in [6, 6.07) is 16.0. The van der Waals surface area contributed by atoms with Gasteiger partial charge in [0.1, 0.15) is 0 Å². The minimum absolute atomic E-state index is 0. The van der Waals surface area contributed by atoms with Crippen LogP contribution in [0.2, 0.25) is 0 Å². The first kappa shape index (κ1) is 29.3. The zero-order valence-corrected chi connectivity index (χ0v) is 22.1. The quantitative estimate of drug-likeness (QED) is 0.318. The summed E-state index contributed by atoms with van der Waals surface area (Å²) in [5, 5.41) is 0. The summed E-state index contributed by atoms with van der Waals surface area (Å²) in [5.41, 5.74) is 0. The standard InChI is InChI=1S/C7H6NO2S.C6H6O2S.3Y/c1-8-11(9,10)7-5-3-2-4-6-7;7-9(8)6-4-2-1-3-5-6;;;/h1-6H;1-5H,(H,7,8);;;/q-1;;;;/p-1. The molecule has 0 aliphatic heterocycles. The Bertz CT molecular complexity index is 683. The molecule has 10 heteroatoms. The van der Waals surface area contributed by atoms with Crippen molar-refractivity contribution in [2.24, 2.45) is 4.40 Å². The van der Waals surface area contributed by atoms with Gasteiger partial charge >= 0.3 is 0 Å². The summed E-state index contributed by atoms with van der Waals surface area (Å²) in [5.74, 6) is 0. The van der Waals surface area contributed by atoms with Gasteiger partial charge in [0, 0.05) is 103 Å². The second kappa shape index (κ2) is 15.7. The Morgan fingerprint density at radius 3 is 1.57 bits per heavy atom. The minimum Gasteiger partial charge on any atom is -0.768 e. The molecule has 0 fully saturated rings. The number of nitrogens with zero attached hydrogens (tertiary/aromatic N) is 1. The van der Waals surface area contributed by atoms with Crippen LogP contribution >= 0.6 is 0 Å². The molecule has 3 radical (unpaired) electrons. The summed E-state index contributed by atoms with van der Waals surface area (Å²) in [6.45, 7) is 4.68. The van der Waals surface area contributed by atoms with Gasteiger partial charge in [-0.2, -0.15) is 0 Å². The van der Waals surface area contributed by atoms with E-state index in [4.69, 9.17) is 0 Å². The van der Waals surface area contributed by atoms with Crippen LogP contribution in [0.1, 0.15) is 0 Å². The summed E-state index contributed by atoms with van der Waals surface area (Å²) in [7, 11) is -3.60. The molecule has 2 aromatic carbocycles. The van der Waals surface area contributed by atoms with Gasteiger partial charge in [0.15, 0.2) is 0 Å². The predicted molar refractivity (Wildman–Crippen MR) is 75.7 cm³/mol. The molecule has 0 aromatic heterocycles. The number of hydrogen-bond acceptors (Lipinski definition) is 4. The van der Waals surface area contributed by atoms with E-state index in [9.17, 15) is 17.2 Å². The second-order valence-corrected chi connectivity index (χ2v) is 6.01. The molecule has 23 heavy (non-hydrogen) atoms. The zero-order chi connectivity index (χ0) is 15.0. The molecule has 0 aliphatic rings. The molecule has 0 amide bonds. The van der Waals surface area contributed by atoms with Gasteiger partial charge in [-0.25, -0.2) is 8.42 Å². The Morgan fingerprint density at radius 2 is 1.26 bits per heavy atom. The average molecular weight is 576 g/mol. The monoisotopic (exact) mass is 576 g/mol. The first-order valence-electron chi connectivity index (χ1n) is 5.34. The van der Waals surface area contributed by atoms with E-state index in [-0.39, 0.29) is 103 Å². The molecule has 2 aromatic rings. The molecule has 1 unspecified atom stereocenters. The van der Waals surface area contributed by atoms with Crippen LogP contribution in [0.25, 0.3) is 0 Å². The van der Waals surface area contributed by atoms with Gasteiger partial charge in [0.05, 0.1) is 4.90 Å². The van der Waals surface area contributed by atoms with Crippen LogP contribution in [-0.4, -0.2) is 23.9 Å². The molecule has 0 saturated carbocycles. The van der Waals surface area contributed by atoms with Gasteiger partial charge in [-0.1, -0.05) is 36.4 Å². The van der Waals surface area contributed by atoms with Crippen molar-refractivity contribution in [2.45, 2.75) is 9.79 Å². The summed E-state index contributed by atoms with van der Waals surface area (Å²) in [4.78, 5) is 0.444. The Balaban J connectivity index is -0.000000312. The third kappa shape index (κ3) is 11.7. The molecule has 0 aliphatic carbocycles. The van der Waals surface area contributed by atoms with Gasteiger partial charge in [-0.05, 0) is 35.3 Å². The van der Waals surface area contributed by atoms with E-state index in [1.54, 1.807) is 48.5 Å². The van der Waals surface area contributed by atoms with Gasteiger partial charge in [0.2, 0.25) is 10.0 Å². The van der Waals surface area contributed by atoms with Crippen LogP contribution in [0, 0.1) is 0 Å². The molecule has 115 valence electrons. The molecule has 0 spiro atoms. The molecule has 0 bridgehead atoms. The van der Waals surface area contributed by atoms with Crippen molar-refractivity contribution in [3.8, 4) is 0 Å². The van der Waals surface area contributed by atoms with Crippen molar-refractivity contribution in [3.63, 3.8) is 0 Å². The minimum atomic E-state index is -3.60. The van der Waals surface area contributed by atoms with Crippen molar-refractivity contribution in [1.29, 1.82) is 0 Å². The zero-order valence-electron chi connectivity index (χ0n) is 12.0. The Kier molecular flexibility index (Phi) is 20.0. The fraction of sp³-hybridized carbons (Fsp3) is 0. The van der Waals surface area contributed by atoms with E-state index in [2.05, 4.69) is 11.1 Å². The van der Waals surface area contributed by atoms with E-state index in [1.165, 1.54) is 12.1 Å². The van der Waals surface area contributed by atoms with E-state index < -0.39 is 21.1 Å². The SMILES string of the molecule is O=S([O-])c1ccccc1.[CH-]=NS(=O)(=O)c1ccccc1.[Y].[Y].[Y]. The molecule has 0 saturated heterocycles. The van der Waals surface area contributed by atoms with Crippen LogP contribution in [0.15, 0.2) is 74.9 Å². The first-order valence-corrected chi connectivity index (χ1v) is 7.85. The average Bonchev–Trinajstić information content (AvgIpc) is 2.49. The van der Waals surface area contributed by atoms with E-state index >= 15 is 0 Å². The maximum atomic E-state index is 10.9. The van der Waals surface area contributed by atoms with Crippen molar-refractivity contribution in [1.82, 2.24) is 0 Å². The van der Waals surface area contributed by atoms with Crippen LogP contribution < -0.4 is 0 Å². The third-order valence-corrected chi connectivity index (χ3v) is 3.92. The van der Waals surface area contributed by atoms with E-state index in [0.717, 1.165) is 0 Å². The molecular formula is C13H11NO4S2Y3-2. The topological polar surface area (TPSA) is 86.6 Å². The van der Waals surface area contributed by atoms with E-state index in [0.29, 0.717) is 4.90 Å². The molecule has 2 rings (SSSR count). The molecule has 5 nitrogen and oxygen atoms in total. The second-order valence-electron chi connectivity index (χ2n) is 3.44. The van der Waals surface area contributed by atoms with Crippen LogP contribution in [-0.2, 0) is 119 Å². The van der Waals surface area contributed by atoms with Crippen LogP contribution in [0.4, 0.5) is 0 Å². The number of sulfonamides is 1. The first-order chi connectivity index (χ1) is 9.47. The van der Waals surface area contributed by atoms with Crippen LogP contribution in [0.5, 0.6) is 0 Å². The fourth-order valence-electron chi connectivity index (χ4n) is 1.18. The fourth-order valence-corrected chi connectivity index (χ4v) is 2.19. The Morgan fingerprint density at radius 1 is 0.870 bits per heavy atom. The number of hydrogen-bond donors (Lipinski definition) is 0. The predicted octanol–water partition coefficient (Wildman–Crippen LogP) is 1.87. The Hall–Kier alpha value is 1.48. The summed E-state index contributed by atoms with van der Waals surface area (Å²) < 4.78 is 45.0. The molecule has 0 N–H and O–H groups in total. The number of rotatable bonds is 3. The van der Waals surface area contributed by atoms with Gasteiger partial charge in [0.25, 0.3) is 0 Å². The maximum Gasteiger partial charge on any atom is 0.249 e.